The molecule has 126 valence electrons. The van der Waals surface area contributed by atoms with Crippen LogP contribution in [-0.4, -0.2) is 26.2 Å². The summed E-state index contributed by atoms with van der Waals surface area (Å²) >= 11 is 0. The highest BCUT2D eigenvalue weighted by molar-refractivity contribution is 5.88. The smallest absolute Gasteiger partial charge is 0.330 e. The molecule has 0 aromatic heterocycles. The summed E-state index contributed by atoms with van der Waals surface area (Å²) in [6.07, 6.45) is 7.16. The van der Waals surface area contributed by atoms with Crippen molar-refractivity contribution >= 4 is 24.1 Å². The van der Waals surface area contributed by atoms with Gasteiger partial charge in [0.05, 0.1) is 14.2 Å². The number of carbonyl (C=O) groups is 2. The van der Waals surface area contributed by atoms with E-state index in [0.29, 0.717) is 0 Å². The van der Waals surface area contributed by atoms with Crippen molar-refractivity contribution in [3.63, 3.8) is 0 Å². The minimum Gasteiger partial charge on any atom is -0.466 e. The zero-order valence-corrected chi connectivity index (χ0v) is 14.1. The van der Waals surface area contributed by atoms with Gasteiger partial charge in [-0.05, 0) is 52.0 Å². The molecule has 0 N–H and O–H groups in total. The topological polar surface area (TPSA) is 52.6 Å². The molecule has 2 aromatic rings. The molecule has 0 radical (unpaired) electrons. The van der Waals surface area contributed by atoms with E-state index in [-0.39, 0.29) is 11.9 Å². The van der Waals surface area contributed by atoms with Crippen LogP contribution in [0.4, 0.5) is 0 Å². The maximum absolute atomic E-state index is 11.2. The molecule has 0 saturated carbocycles. The minimum absolute atomic E-state index is 0.370. The second-order valence-electron chi connectivity index (χ2n) is 5.72. The fraction of sp³-hybridized carbons (Fsp3) is 0.143. The third-order valence-electron chi connectivity index (χ3n) is 4.16. The average molecular weight is 334 g/mol. The van der Waals surface area contributed by atoms with Gasteiger partial charge in [-0.1, -0.05) is 36.4 Å². The first-order valence-corrected chi connectivity index (χ1v) is 7.89. The van der Waals surface area contributed by atoms with E-state index in [9.17, 15) is 9.59 Å². The second-order valence-corrected chi connectivity index (χ2v) is 5.72. The summed E-state index contributed by atoms with van der Waals surface area (Å²) < 4.78 is 9.22. The Hall–Kier alpha value is -3.14. The Labute approximate surface area is 146 Å². The molecule has 4 heteroatoms. The van der Waals surface area contributed by atoms with E-state index >= 15 is 0 Å². The first kappa shape index (κ1) is 16.7. The lowest BCUT2D eigenvalue weighted by atomic mass is 10.0. The second kappa shape index (κ2) is 7.18. The Morgan fingerprint density at radius 2 is 1.24 bits per heavy atom. The lowest BCUT2D eigenvalue weighted by Crippen LogP contribution is -1.93. The van der Waals surface area contributed by atoms with Crippen LogP contribution in [0.5, 0.6) is 0 Å². The van der Waals surface area contributed by atoms with E-state index in [0.717, 1.165) is 17.5 Å². The fourth-order valence-corrected chi connectivity index (χ4v) is 2.92. The third-order valence-corrected chi connectivity index (χ3v) is 4.16. The molecule has 0 amide bonds. The number of fused-ring (bicyclic) bond motifs is 3. The van der Waals surface area contributed by atoms with Crippen LogP contribution in [-0.2, 0) is 25.5 Å². The molecule has 0 aliphatic heterocycles. The number of ether oxygens (including phenoxy) is 2. The predicted octanol–water partition coefficient (Wildman–Crippen LogP) is 3.63. The summed E-state index contributed by atoms with van der Waals surface area (Å²) in [4.78, 5) is 22.4. The summed E-state index contributed by atoms with van der Waals surface area (Å²) in [5, 5.41) is 0. The van der Waals surface area contributed by atoms with Crippen molar-refractivity contribution in [2.24, 2.45) is 0 Å². The molecule has 0 spiro atoms. The van der Waals surface area contributed by atoms with Crippen LogP contribution in [0.1, 0.15) is 22.3 Å². The number of hydrogen-bond donors (Lipinski definition) is 0. The number of rotatable bonds is 4. The van der Waals surface area contributed by atoms with Crippen LogP contribution < -0.4 is 0 Å². The molecule has 0 bridgehead atoms. The van der Waals surface area contributed by atoms with E-state index in [1.165, 1.54) is 48.6 Å². The number of hydrogen-bond acceptors (Lipinski definition) is 4. The van der Waals surface area contributed by atoms with Gasteiger partial charge in [-0.3, -0.25) is 0 Å². The number of carbonyl (C=O) groups excluding carboxylic acids is 2. The average Bonchev–Trinajstić information content (AvgIpc) is 3.00. The summed E-state index contributed by atoms with van der Waals surface area (Å²) in [5.74, 6) is -0.739. The monoisotopic (exact) mass is 334 g/mol. The Morgan fingerprint density at radius 3 is 1.64 bits per heavy atom. The van der Waals surface area contributed by atoms with Gasteiger partial charge in [0.2, 0.25) is 0 Å². The zero-order chi connectivity index (χ0) is 17.8. The van der Waals surface area contributed by atoms with E-state index in [1.54, 1.807) is 12.2 Å². The lowest BCUT2D eigenvalue weighted by Gasteiger charge is -2.03. The molecule has 2 aromatic carbocycles. The standard InChI is InChI=1S/C21H18O4/c1-24-20(22)9-5-14-3-7-18-16(11-14)13-17-12-15(4-8-19(17)18)6-10-21(23)25-2/h3-12H,13H2,1-2H3/b9-5+,10-6+. The van der Waals surface area contributed by atoms with E-state index < -0.39 is 0 Å². The molecule has 3 rings (SSSR count). The van der Waals surface area contributed by atoms with Gasteiger partial charge >= 0.3 is 11.9 Å². The van der Waals surface area contributed by atoms with Gasteiger partial charge in [0.1, 0.15) is 0 Å². The minimum atomic E-state index is -0.370. The summed E-state index contributed by atoms with van der Waals surface area (Å²) in [6, 6.07) is 12.3. The Kier molecular flexibility index (Phi) is 4.80. The normalized spacial score (nSPS) is 12.2. The first-order chi connectivity index (χ1) is 12.1. The Balaban J connectivity index is 1.84. The van der Waals surface area contributed by atoms with Gasteiger partial charge in [0.15, 0.2) is 0 Å². The largest absolute Gasteiger partial charge is 0.466 e. The highest BCUT2D eigenvalue weighted by Gasteiger charge is 2.18. The van der Waals surface area contributed by atoms with E-state index in [2.05, 4.69) is 33.7 Å². The molecule has 0 unspecified atom stereocenters. The maximum Gasteiger partial charge on any atom is 0.330 e. The van der Waals surface area contributed by atoms with Gasteiger partial charge < -0.3 is 9.47 Å². The van der Waals surface area contributed by atoms with Crippen molar-refractivity contribution in [1.29, 1.82) is 0 Å². The summed E-state index contributed by atoms with van der Waals surface area (Å²) in [7, 11) is 2.72. The fourth-order valence-electron chi connectivity index (χ4n) is 2.92. The van der Waals surface area contributed by atoms with E-state index in [1.807, 2.05) is 12.1 Å². The van der Waals surface area contributed by atoms with Gasteiger partial charge in [-0.15, -0.1) is 0 Å². The summed E-state index contributed by atoms with van der Waals surface area (Å²) in [5.41, 5.74) is 6.76. The van der Waals surface area contributed by atoms with Crippen LogP contribution in [0, 0.1) is 0 Å². The van der Waals surface area contributed by atoms with Crippen molar-refractivity contribution in [2.75, 3.05) is 14.2 Å². The number of benzene rings is 2. The van der Waals surface area contributed by atoms with Gasteiger partial charge in [-0.2, -0.15) is 0 Å². The van der Waals surface area contributed by atoms with Crippen molar-refractivity contribution in [2.45, 2.75) is 6.42 Å². The number of esters is 2. The molecule has 25 heavy (non-hydrogen) atoms. The maximum atomic E-state index is 11.2. The molecular formula is C21H18O4. The molecule has 1 aliphatic rings. The van der Waals surface area contributed by atoms with Crippen LogP contribution >= 0.6 is 0 Å². The number of methoxy groups -OCH3 is 2. The molecule has 0 fully saturated rings. The van der Waals surface area contributed by atoms with Crippen LogP contribution in [0.15, 0.2) is 48.6 Å². The Bertz CT molecular complexity index is 817. The highest BCUT2D eigenvalue weighted by atomic mass is 16.5. The molecule has 0 heterocycles. The lowest BCUT2D eigenvalue weighted by molar-refractivity contribution is -0.135. The van der Waals surface area contributed by atoms with Crippen LogP contribution in [0.2, 0.25) is 0 Å². The highest BCUT2D eigenvalue weighted by Crippen LogP contribution is 2.37. The molecule has 4 nitrogen and oxygen atoms in total. The van der Waals surface area contributed by atoms with Gasteiger partial charge in [0.25, 0.3) is 0 Å². The third kappa shape index (κ3) is 3.69. The van der Waals surface area contributed by atoms with Gasteiger partial charge in [-0.25, -0.2) is 9.59 Å². The van der Waals surface area contributed by atoms with Crippen molar-refractivity contribution in [3.05, 3.63) is 70.8 Å². The van der Waals surface area contributed by atoms with E-state index in [4.69, 9.17) is 0 Å². The van der Waals surface area contributed by atoms with Crippen LogP contribution in [0.3, 0.4) is 0 Å². The van der Waals surface area contributed by atoms with Crippen molar-refractivity contribution in [3.8, 4) is 11.1 Å². The van der Waals surface area contributed by atoms with Gasteiger partial charge in [0, 0.05) is 12.2 Å². The molecule has 0 saturated heterocycles. The Morgan fingerprint density at radius 1 is 0.800 bits per heavy atom. The summed E-state index contributed by atoms with van der Waals surface area (Å²) in [6.45, 7) is 0. The molecular weight excluding hydrogens is 316 g/mol. The first-order valence-electron chi connectivity index (χ1n) is 7.89. The SMILES string of the molecule is COC(=O)/C=C/c1ccc2c(c1)Cc1cc(/C=C/C(=O)OC)ccc1-2. The van der Waals surface area contributed by atoms with Crippen molar-refractivity contribution < 1.29 is 19.1 Å². The molecule has 1 aliphatic carbocycles. The van der Waals surface area contributed by atoms with Crippen molar-refractivity contribution in [1.82, 2.24) is 0 Å². The molecule has 0 atom stereocenters. The quantitative estimate of drug-likeness (QED) is 0.540. The van der Waals surface area contributed by atoms with Crippen LogP contribution in [0.25, 0.3) is 23.3 Å². The zero-order valence-electron chi connectivity index (χ0n) is 14.1. The predicted molar refractivity (Wildman–Crippen MR) is 96.8 cm³/mol.